The lowest BCUT2D eigenvalue weighted by Gasteiger charge is -2.10. The van der Waals surface area contributed by atoms with Crippen molar-refractivity contribution in [2.75, 3.05) is 74.3 Å². The van der Waals surface area contributed by atoms with Crippen LogP contribution in [0.1, 0.15) is 213 Å². The molecule has 0 aromatic rings. The van der Waals surface area contributed by atoms with Gasteiger partial charge in [-0.1, -0.05) is 240 Å². The Hall–Kier alpha value is -9.48. The van der Waals surface area contributed by atoms with Gasteiger partial charge in [0.15, 0.2) is 5.96 Å². The number of aliphatic imine (C=N–C) groups is 2. The molecule has 0 aromatic heterocycles. The quantitative estimate of drug-likeness (QED) is 0.00886. The minimum atomic E-state index is -0.816. The van der Waals surface area contributed by atoms with Gasteiger partial charge in [0.2, 0.25) is 29.7 Å². The van der Waals surface area contributed by atoms with Gasteiger partial charge in [0.1, 0.15) is 5.78 Å². The van der Waals surface area contributed by atoms with Gasteiger partial charge in [-0.3, -0.25) is 30.5 Å². The maximum Gasteiger partial charge on any atom is 0.413 e. The van der Waals surface area contributed by atoms with Crippen LogP contribution < -0.4 is 38.9 Å². The molecule has 0 heterocycles. The molecular formula is C89H146ClN13O9. The summed E-state index contributed by atoms with van der Waals surface area (Å²) >= 11 is 5.04. The summed E-state index contributed by atoms with van der Waals surface area (Å²) in [4.78, 5) is 67.2. The minimum Gasteiger partial charge on any atom is -0.454 e. The fourth-order valence-corrected chi connectivity index (χ4v) is 8.02. The molecule has 0 saturated carbocycles. The molecule has 0 fully saturated rings. The van der Waals surface area contributed by atoms with Crippen molar-refractivity contribution < 1.29 is 43.7 Å². The van der Waals surface area contributed by atoms with E-state index < -0.39 is 11.5 Å². The summed E-state index contributed by atoms with van der Waals surface area (Å²) in [6, 6.07) is 0. The second-order valence-electron chi connectivity index (χ2n) is 24.7. The summed E-state index contributed by atoms with van der Waals surface area (Å²) in [7, 11) is 6.72. The summed E-state index contributed by atoms with van der Waals surface area (Å²) in [6.45, 7) is 8.66. The van der Waals surface area contributed by atoms with Crippen LogP contribution >= 0.6 is 11.6 Å². The molecule has 22 nitrogen and oxygen atoms in total. The van der Waals surface area contributed by atoms with E-state index in [2.05, 4.69) is 258 Å². The number of nitrogens with zero attached hydrogens (tertiary/aromatic N) is 4. The molecule has 0 unspecified atom stereocenters. The molecule has 3 amide bonds. The van der Waals surface area contributed by atoms with Gasteiger partial charge < -0.3 is 63.1 Å². The maximum atomic E-state index is 11.9. The zero-order valence-electron chi connectivity index (χ0n) is 69.2. The van der Waals surface area contributed by atoms with Crippen molar-refractivity contribution in [1.29, 1.82) is 10.8 Å². The Kier molecular flexibility index (Phi) is 95.0. The molecule has 0 spiro atoms. The van der Waals surface area contributed by atoms with E-state index in [0.717, 1.165) is 141 Å². The van der Waals surface area contributed by atoms with Crippen LogP contribution in [0.2, 0.25) is 0 Å². The van der Waals surface area contributed by atoms with Crippen LogP contribution in [0.4, 0.5) is 9.59 Å². The third kappa shape index (κ3) is 107. The fraction of sp³-hybridized carbons (Fsp3) is 0.494. The van der Waals surface area contributed by atoms with Crippen LogP contribution in [0, 0.1) is 10.8 Å². The molecule has 0 aliphatic carbocycles. The SMILES string of the molecule is CC/C=C\C/C=C\C/C=C\C/C=C\C/C=C\C/C=C\CCC(=O)CCCCO.CC/C=C\C/C=C\C/C=C\C/C=C\C/C=C\C/C=C\CCC(=O)NCCCOC(=O)Cl.CC/C=C\C/C=C\C/C=C\C/C=C\C/C=C\C/C=C\CCC(=O)NCCCOC(=O)NC(N)=NC(=N)N(C)C.CN(C)C(N)=NC(=N)N.NCCCO. The van der Waals surface area contributed by atoms with Gasteiger partial charge in [-0.2, -0.15) is 9.98 Å². The summed E-state index contributed by atoms with van der Waals surface area (Å²) in [5, 5.41) is 38.7. The van der Waals surface area contributed by atoms with E-state index >= 15 is 0 Å². The Morgan fingerprint density at radius 3 is 0.938 bits per heavy atom. The standard InChI is InChI=1S/C30H48N6O3.C26H38ClNO3.C26H40O2.C4H11N5.C3H9NO/c1-4-5-6-7-8-9-10-11-12-13-14-15-16-17-18-19-20-21-22-24-27(37)33-25-23-26-39-30(38)35-28(31)34-29(32)36(2)3;1-2-3-4-5-6-7-8-9-10-11-12-13-14-15-16-17-18-19-20-22-25(29)28-23-21-24-31-26(27)30;1-2-3-4-5-6-7-8-9-10-11-12-13-14-15-16-17-18-19-20-23-26(28)24-21-22-25-27;1-9(2)4(7)8-3(5)6;4-2-1-3-5/h5-6,8-9,11-12,14-15,17-18,20-21H,4,7,10,13,16,19,22-26H2,1-3H3,(H,33,37)(H4,31,32,34,35,38);3-4,6-7,9-10,12-13,15-16,18-19H,2,5,8,11,14,17,20-24H2,1H3,(H,28,29);3-4,6-7,9-10,12-13,15-16,18-19,27H,2,5,8,11,14,17,20-25H2,1H3;1-2H3,(H5,5,6,7,8);5H,1-4H2/b6-5-,9-8-,12-11-,15-14-,18-17-,21-20-;2*4-3-,7-6-,10-9-,13-12-,16-15-,19-18-;;. The number of guanidine groups is 4. The van der Waals surface area contributed by atoms with E-state index in [1.807, 2.05) is 12.2 Å². The number of nitrogens with one attached hydrogen (secondary N) is 5. The third-order valence-corrected chi connectivity index (χ3v) is 14.1. The lowest BCUT2D eigenvalue weighted by molar-refractivity contribution is -0.121. The van der Waals surface area contributed by atoms with E-state index in [-0.39, 0.29) is 62.1 Å². The highest BCUT2D eigenvalue weighted by atomic mass is 35.5. The molecule has 0 aromatic carbocycles. The van der Waals surface area contributed by atoms with Gasteiger partial charge in [-0.15, -0.1) is 0 Å². The predicted molar refractivity (Wildman–Crippen MR) is 476 cm³/mol. The van der Waals surface area contributed by atoms with Gasteiger partial charge in [0.05, 0.1) is 13.2 Å². The number of ether oxygens (including phenoxy) is 2. The Balaban J connectivity index is -0.000000473. The number of allylic oxidation sites excluding steroid dienone is 36. The number of aliphatic hydroxyl groups is 2. The van der Waals surface area contributed by atoms with Crippen molar-refractivity contribution in [1.82, 2.24) is 25.8 Å². The Morgan fingerprint density at radius 1 is 0.393 bits per heavy atom. The Morgan fingerprint density at radius 2 is 0.688 bits per heavy atom. The summed E-state index contributed by atoms with van der Waals surface area (Å²) in [5.41, 5.74) is 19.9. The van der Waals surface area contributed by atoms with Crippen molar-refractivity contribution in [3.63, 3.8) is 0 Å². The number of unbranched alkanes of at least 4 members (excludes halogenated alkanes) is 1. The molecule has 23 heteroatoms. The zero-order chi connectivity index (χ0) is 83.9. The predicted octanol–water partition coefficient (Wildman–Crippen LogP) is 18.1. The summed E-state index contributed by atoms with van der Waals surface area (Å²) < 4.78 is 9.54. The van der Waals surface area contributed by atoms with Crippen LogP contribution in [0.15, 0.2) is 229 Å². The van der Waals surface area contributed by atoms with E-state index in [1.54, 1.807) is 33.1 Å². The normalized spacial score (nSPS) is 12.3. The van der Waals surface area contributed by atoms with Gasteiger partial charge in [0.25, 0.3) is 0 Å². The van der Waals surface area contributed by atoms with Crippen molar-refractivity contribution in [3.8, 4) is 0 Å². The highest BCUT2D eigenvalue weighted by Gasteiger charge is 2.07. The third-order valence-electron chi connectivity index (χ3n) is 14.0. The number of Topliss-reactive ketones (excluding diaryl/α,β-unsaturated/α-hetero) is 1. The van der Waals surface area contributed by atoms with Crippen LogP contribution in [0.5, 0.6) is 0 Å². The number of alkyl carbamates (subject to hydrolysis) is 1. The largest absolute Gasteiger partial charge is 0.454 e. The number of amides is 3. The number of nitrogens with two attached hydrogens (primary N) is 4. The Labute approximate surface area is 680 Å². The number of ketones is 1. The van der Waals surface area contributed by atoms with Crippen molar-refractivity contribution in [3.05, 3.63) is 219 Å². The molecule has 628 valence electrons. The maximum absolute atomic E-state index is 11.9. The van der Waals surface area contributed by atoms with Crippen molar-refractivity contribution in [2.45, 2.75) is 213 Å². The van der Waals surface area contributed by atoms with Gasteiger partial charge in [-0.25, -0.2) is 9.59 Å². The van der Waals surface area contributed by atoms with Gasteiger partial charge >= 0.3 is 11.5 Å². The monoisotopic (exact) mass is 1580 g/mol. The highest BCUT2D eigenvalue weighted by Crippen LogP contribution is 2.05. The van der Waals surface area contributed by atoms with E-state index in [1.165, 1.54) is 4.90 Å². The molecule has 0 rings (SSSR count). The first-order valence-corrected chi connectivity index (χ1v) is 40.0. The van der Waals surface area contributed by atoms with Crippen molar-refractivity contribution in [2.24, 2.45) is 32.9 Å². The van der Waals surface area contributed by atoms with E-state index in [4.69, 9.17) is 60.3 Å². The molecule has 0 bridgehead atoms. The number of halogens is 1. The number of carbonyl (C=O) groups is 5. The molecule has 0 saturated heterocycles. The second kappa shape index (κ2) is 95.7. The van der Waals surface area contributed by atoms with E-state index in [9.17, 15) is 24.0 Å². The van der Waals surface area contributed by atoms with Crippen LogP contribution in [-0.2, 0) is 23.9 Å². The lowest BCUT2D eigenvalue weighted by atomic mass is 10.1. The lowest BCUT2D eigenvalue weighted by Crippen LogP contribution is -2.39. The molecule has 0 atom stereocenters. The molecular weight excluding hydrogens is 1430 g/mol. The number of hydrogen-bond donors (Lipinski definition) is 11. The average Bonchev–Trinajstić information content (AvgIpc) is 0.975. The summed E-state index contributed by atoms with van der Waals surface area (Å²) in [5.74, 6) is -0.105. The zero-order valence-corrected chi connectivity index (χ0v) is 69.9. The highest BCUT2D eigenvalue weighted by molar-refractivity contribution is 6.61. The molecule has 15 N–H and O–H groups in total. The van der Waals surface area contributed by atoms with Crippen molar-refractivity contribution >= 4 is 64.6 Å². The molecule has 0 radical (unpaired) electrons. The number of carbonyl (C=O) groups excluding carboxylic acids is 5. The smallest absolute Gasteiger partial charge is 0.413 e. The first-order valence-electron chi connectivity index (χ1n) is 39.7. The number of hydrogen-bond acceptors (Lipinski definition) is 12. The average molecular weight is 1580 g/mol. The number of aliphatic hydroxyl groups excluding tert-OH is 2. The topological polar surface area (TPSA) is 363 Å². The van der Waals surface area contributed by atoms with Gasteiger partial charge in [-0.05, 0) is 173 Å². The van der Waals surface area contributed by atoms with Crippen LogP contribution in [0.3, 0.4) is 0 Å². The van der Waals surface area contributed by atoms with Gasteiger partial charge in [0, 0.05) is 91.8 Å². The van der Waals surface area contributed by atoms with Crippen LogP contribution in [-0.4, -0.2) is 147 Å². The molecule has 0 aliphatic rings. The first-order chi connectivity index (χ1) is 54.3. The summed E-state index contributed by atoms with van der Waals surface area (Å²) in [6.07, 6.45) is 103. The Bertz CT molecular complexity index is 2980. The molecule has 0 aliphatic heterocycles. The second-order valence-corrected chi connectivity index (χ2v) is 25.0. The first kappa shape index (κ1) is 111. The van der Waals surface area contributed by atoms with E-state index in [0.29, 0.717) is 76.8 Å². The molecule has 112 heavy (non-hydrogen) atoms. The minimum absolute atomic E-state index is 0.00303. The van der Waals surface area contributed by atoms with Crippen LogP contribution in [0.25, 0.3) is 0 Å². The fourth-order valence-electron chi connectivity index (χ4n) is 7.94. The number of rotatable bonds is 56.